The van der Waals surface area contributed by atoms with Crippen LogP contribution in [0.15, 0.2) is 12.4 Å². The molecule has 0 radical (unpaired) electrons. The third-order valence-corrected chi connectivity index (χ3v) is 4.87. The number of carbonyl (C=O) groups excluding carboxylic acids is 1. The van der Waals surface area contributed by atoms with Gasteiger partial charge in [0.15, 0.2) is 0 Å². The summed E-state index contributed by atoms with van der Waals surface area (Å²) < 4.78 is 1.72. The molecule has 3 heterocycles. The van der Waals surface area contributed by atoms with Crippen LogP contribution in [0.25, 0.3) is 0 Å². The maximum Gasteiger partial charge on any atom is 0.224 e. The summed E-state index contributed by atoms with van der Waals surface area (Å²) in [5, 5.41) is 11.1. The maximum atomic E-state index is 12.2. The van der Waals surface area contributed by atoms with E-state index in [1.54, 1.807) is 17.1 Å². The molecule has 0 bridgehead atoms. The summed E-state index contributed by atoms with van der Waals surface area (Å²) in [5.41, 5.74) is 0.508. The zero-order valence-corrected chi connectivity index (χ0v) is 11.9. The standard InChI is InChI=1S/C14H23N5O/c20-13(1-9-19-12-8-16-17-19)18-10-4-14(5-11-18)2-6-15-7-3-14/h8,12,15H,1-7,9-11H2. The Hall–Kier alpha value is -1.43. The first-order chi connectivity index (χ1) is 9.77. The number of carbonyl (C=O) groups is 1. The second kappa shape index (κ2) is 5.91. The lowest BCUT2D eigenvalue weighted by molar-refractivity contribution is -0.134. The van der Waals surface area contributed by atoms with E-state index in [0.717, 1.165) is 26.2 Å². The summed E-state index contributed by atoms with van der Waals surface area (Å²) in [7, 11) is 0. The first kappa shape index (κ1) is 13.5. The summed E-state index contributed by atoms with van der Waals surface area (Å²) in [4.78, 5) is 14.2. The van der Waals surface area contributed by atoms with E-state index in [1.165, 1.54) is 25.7 Å². The van der Waals surface area contributed by atoms with Gasteiger partial charge in [-0.25, -0.2) is 0 Å². The van der Waals surface area contributed by atoms with Crippen LogP contribution in [0.2, 0.25) is 0 Å². The van der Waals surface area contributed by atoms with E-state index in [2.05, 4.69) is 15.6 Å². The Morgan fingerprint density at radius 1 is 1.20 bits per heavy atom. The molecule has 2 aliphatic rings. The molecule has 0 aromatic carbocycles. The van der Waals surface area contributed by atoms with Crippen LogP contribution in [0.4, 0.5) is 0 Å². The summed E-state index contributed by atoms with van der Waals surface area (Å²) in [6.07, 6.45) is 8.85. The van der Waals surface area contributed by atoms with E-state index in [-0.39, 0.29) is 5.91 Å². The number of nitrogens with one attached hydrogen (secondary N) is 1. The SMILES string of the molecule is O=C(CCn1ccnn1)N1CCC2(CCNCC2)CC1. The van der Waals surface area contributed by atoms with Crippen molar-refractivity contribution in [2.75, 3.05) is 26.2 Å². The largest absolute Gasteiger partial charge is 0.343 e. The highest BCUT2D eigenvalue weighted by Gasteiger charge is 2.36. The monoisotopic (exact) mass is 277 g/mol. The van der Waals surface area contributed by atoms with Gasteiger partial charge in [-0.3, -0.25) is 9.48 Å². The summed E-state index contributed by atoms with van der Waals surface area (Å²) in [6.45, 7) is 4.76. The van der Waals surface area contributed by atoms with Gasteiger partial charge >= 0.3 is 0 Å². The summed E-state index contributed by atoms with van der Waals surface area (Å²) >= 11 is 0. The molecule has 6 heteroatoms. The van der Waals surface area contributed by atoms with Gasteiger partial charge in [0.1, 0.15) is 0 Å². The molecule has 110 valence electrons. The van der Waals surface area contributed by atoms with E-state index in [4.69, 9.17) is 0 Å². The van der Waals surface area contributed by atoms with Gasteiger partial charge in [0.25, 0.3) is 0 Å². The Bertz CT molecular complexity index is 428. The number of aryl methyl sites for hydroxylation is 1. The first-order valence-corrected chi connectivity index (χ1v) is 7.60. The van der Waals surface area contributed by atoms with Gasteiger partial charge in [-0.1, -0.05) is 5.21 Å². The first-order valence-electron chi connectivity index (χ1n) is 7.60. The van der Waals surface area contributed by atoms with Gasteiger partial charge in [0.05, 0.1) is 12.7 Å². The fraction of sp³-hybridized carbons (Fsp3) is 0.786. The molecular formula is C14H23N5O. The zero-order chi connectivity index (χ0) is 13.8. The molecule has 20 heavy (non-hydrogen) atoms. The van der Waals surface area contributed by atoms with Gasteiger partial charge in [0.2, 0.25) is 5.91 Å². The lowest BCUT2D eigenvalue weighted by atomic mass is 9.71. The van der Waals surface area contributed by atoms with E-state index in [9.17, 15) is 4.79 Å². The predicted octanol–water partition coefficient (Wildman–Crippen LogP) is 0.660. The Morgan fingerprint density at radius 3 is 2.60 bits per heavy atom. The molecule has 1 aromatic heterocycles. The van der Waals surface area contributed by atoms with Crippen molar-refractivity contribution in [3.8, 4) is 0 Å². The maximum absolute atomic E-state index is 12.2. The van der Waals surface area contributed by atoms with Gasteiger partial charge in [0, 0.05) is 25.7 Å². The molecule has 1 amide bonds. The van der Waals surface area contributed by atoms with Crippen LogP contribution in [0.3, 0.4) is 0 Å². The summed E-state index contributed by atoms with van der Waals surface area (Å²) in [5.74, 6) is 0.254. The van der Waals surface area contributed by atoms with Crippen LogP contribution in [0.5, 0.6) is 0 Å². The Labute approximate surface area is 119 Å². The van der Waals surface area contributed by atoms with Gasteiger partial charge in [-0.05, 0) is 44.2 Å². The minimum atomic E-state index is 0.254. The molecule has 6 nitrogen and oxygen atoms in total. The van der Waals surface area contributed by atoms with Crippen molar-refractivity contribution >= 4 is 5.91 Å². The number of likely N-dealkylation sites (tertiary alicyclic amines) is 1. The van der Waals surface area contributed by atoms with Crippen LogP contribution in [-0.4, -0.2) is 52.0 Å². The van der Waals surface area contributed by atoms with Crippen LogP contribution in [0, 0.1) is 5.41 Å². The van der Waals surface area contributed by atoms with Crippen molar-refractivity contribution in [3.63, 3.8) is 0 Å². The number of hydrogen-bond donors (Lipinski definition) is 1. The van der Waals surface area contributed by atoms with Crippen LogP contribution < -0.4 is 5.32 Å². The van der Waals surface area contributed by atoms with Crippen molar-refractivity contribution in [2.45, 2.75) is 38.6 Å². The number of nitrogens with zero attached hydrogens (tertiary/aromatic N) is 4. The zero-order valence-electron chi connectivity index (χ0n) is 11.9. The Morgan fingerprint density at radius 2 is 1.95 bits per heavy atom. The van der Waals surface area contributed by atoms with Crippen LogP contribution in [-0.2, 0) is 11.3 Å². The third kappa shape index (κ3) is 3.00. The van der Waals surface area contributed by atoms with Crippen molar-refractivity contribution in [2.24, 2.45) is 5.41 Å². The van der Waals surface area contributed by atoms with Crippen molar-refractivity contribution in [1.29, 1.82) is 0 Å². The molecule has 0 saturated carbocycles. The second-order valence-electron chi connectivity index (χ2n) is 6.05. The van der Waals surface area contributed by atoms with Crippen molar-refractivity contribution in [3.05, 3.63) is 12.4 Å². The van der Waals surface area contributed by atoms with E-state index >= 15 is 0 Å². The quantitative estimate of drug-likeness (QED) is 0.881. The highest BCUT2D eigenvalue weighted by molar-refractivity contribution is 5.76. The van der Waals surface area contributed by atoms with Gasteiger partial charge in [-0.15, -0.1) is 5.10 Å². The number of amides is 1. The van der Waals surface area contributed by atoms with Gasteiger partial charge in [-0.2, -0.15) is 0 Å². The summed E-state index contributed by atoms with van der Waals surface area (Å²) in [6, 6.07) is 0. The Kier molecular flexibility index (Phi) is 4.00. The average Bonchev–Trinajstić information content (AvgIpc) is 3.00. The molecular weight excluding hydrogens is 254 g/mol. The molecule has 1 spiro atoms. The highest BCUT2D eigenvalue weighted by atomic mass is 16.2. The Balaban J connectivity index is 1.46. The molecule has 2 fully saturated rings. The van der Waals surface area contributed by atoms with Gasteiger partial charge < -0.3 is 10.2 Å². The average molecular weight is 277 g/mol. The smallest absolute Gasteiger partial charge is 0.224 e. The molecule has 0 aliphatic carbocycles. The number of aromatic nitrogens is 3. The fourth-order valence-electron chi connectivity index (χ4n) is 3.41. The number of piperidine rings is 2. The molecule has 0 atom stereocenters. The van der Waals surface area contributed by atoms with Crippen molar-refractivity contribution < 1.29 is 4.79 Å². The molecule has 3 rings (SSSR count). The van der Waals surface area contributed by atoms with E-state index in [1.807, 2.05) is 4.90 Å². The predicted molar refractivity (Wildman–Crippen MR) is 75.0 cm³/mol. The number of rotatable bonds is 3. The second-order valence-corrected chi connectivity index (χ2v) is 6.05. The lowest BCUT2D eigenvalue weighted by Crippen LogP contribution is -2.47. The van der Waals surface area contributed by atoms with E-state index in [0.29, 0.717) is 18.4 Å². The molecule has 2 aliphatic heterocycles. The van der Waals surface area contributed by atoms with E-state index < -0.39 is 0 Å². The van der Waals surface area contributed by atoms with Crippen molar-refractivity contribution in [1.82, 2.24) is 25.2 Å². The fourth-order valence-corrected chi connectivity index (χ4v) is 3.41. The highest BCUT2D eigenvalue weighted by Crippen LogP contribution is 2.39. The normalized spacial score (nSPS) is 22.1. The molecule has 0 unspecified atom stereocenters. The third-order valence-electron chi connectivity index (χ3n) is 4.87. The van der Waals surface area contributed by atoms with Crippen LogP contribution in [0.1, 0.15) is 32.1 Å². The minimum Gasteiger partial charge on any atom is -0.343 e. The number of hydrogen-bond acceptors (Lipinski definition) is 4. The molecule has 2 saturated heterocycles. The topological polar surface area (TPSA) is 63.1 Å². The van der Waals surface area contributed by atoms with Crippen LogP contribution >= 0.6 is 0 Å². The minimum absolute atomic E-state index is 0.254. The molecule has 1 N–H and O–H groups in total. The lowest BCUT2D eigenvalue weighted by Gasteiger charge is -2.44. The molecule has 1 aromatic rings.